The van der Waals surface area contributed by atoms with Gasteiger partial charge in [0.25, 0.3) is 0 Å². The Morgan fingerprint density at radius 2 is 0.531 bits per heavy atom. The molecule has 0 fully saturated rings. The number of allylic oxidation sites excluding steroid dienone is 16. The van der Waals surface area contributed by atoms with E-state index in [1.807, 2.05) is 0 Å². The minimum absolute atomic E-state index is 0.0753. The molecule has 0 aliphatic heterocycles. The molecule has 0 aromatic rings. The fourth-order valence-corrected chi connectivity index (χ4v) is 11.7. The largest absolute Gasteiger partial charge is 0.472 e. The summed E-state index contributed by atoms with van der Waals surface area (Å²) in [7, 11) is -9.96. The molecule has 98 heavy (non-hydrogen) atoms. The zero-order valence-corrected chi connectivity index (χ0v) is 63.5. The van der Waals surface area contributed by atoms with Gasteiger partial charge in [-0.05, 0) is 148 Å². The van der Waals surface area contributed by atoms with Gasteiger partial charge in [0.1, 0.15) is 19.3 Å². The number of rotatable bonds is 72. The maximum Gasteiger partial charge on any atom is 0.472 e. The fraction of sp³-hybridized carbons (Fsp3) is 0.747. The topological polar surface area (TPSA) is 237 Å². The molecule has 5 atom stereocenters. The van der Waals surface area contributed by atoms with Crippen LogP contribution >= 0.6 is 15.6 Å². The lowest BCUT2D eigenvalue weighted by Gasteiger charge is -2.21. The SMILES string of the molecule is CC/C=C\C/C=C\C/C=C\C/C=C\CCCCC(=O)OCC(COP(=O)(O)OCC(O)COP(=O)(O)OCC(COC(=O)CCCCCCC/C=C\C/C=C\CCCCC)OC(=O)CCCCCCC/C=C\CCCCCCCC)OC(=O)CCCCCCC/C=C\CCCCCC. The molecule has 0 saturated heterocycles. The predicted molar refractivity (Wildman–Crippen MR) is 399 cm³/mol. The third kappa shape index (κ3) is 70.4. The highest BCUT2D eigenvalue weighted by Crippen LogP contribution is 2.45. The molecular formula is C79H138O17P2. The van der Waals surface area contributed by atoms with Crippen molar-refractivity contribution in [3.05, 3.63) is 97.2 Å². The Kier molecular flexibility index (Phi) is 68.4. The Balaban J connectivity index is 5.39. The molecule has 0 aliphatic rings. The molecule has 0 aromatic carbocycles. The highest BCUT2D eigenvalue weighted by Gasteiger charge is 2.30. The van der Waals surface area contributed by atoms with Gasteiger partial charge >= 0.3 is 39.5 Å². The van der Waals surface area contributed by atoms with Crippen molar-refractivity contribution >= 4 is 39.5 Å². The van der Waals surface area contributed by atoms with E-state index < -0.39 is 97.5 Å². The molecule has 19 heteroatoms. The fourth-order valence-electron chi connectivity index (χ4n) is 10.1. The average Bonchev–Trinajstić information content (AvgIpc) is 0.959. The Morgan fingerprint density at radius 1 is 0.296 bits per heavy atom. The van der Waals surface area contributed by atoms with Crippen LogP contribution in [0.25, 0.3) is 0 Å². The summed E-state index contributed by atoms with van der Waals surface area (Å²) < 4.78 is 68.4. The summed E-state index contributed by atoms with van der Waals surface area (Å²) in [4.78, 5) is 72.8. The standard InChI is InChI=1S/C79H138O17P2/c1-5-9-13-17-21-25-29-33-36-40-43-47-51-55-59-63-76(81)89-69-74(95-78(83)65-61-57-53-49-45-39-32-28-24-20-16-12-8-4)71-93-97(85,86)91-67-73(80)68-92-98(87,88)94-72-75(96-79(84)66-62-58-54-50-46-42-38-35-31-27-23-19-15-11-7-3)70-90-77(82)64-60-56-52-48-44-41-37-34-30-26-22-18-14-10-6-2/h9,13,21-22,25-26,28,32-38,43,47,73-75,80H,5-8,10-12,14-20,23-24,27,29-31,39-42,44-46,48-72H2,1-4H3,(H,85,86)(H,87,88)/b13-9-,25-21-,26-22-,32-28-,36-33-,37-34-,38-35-,47-43-. The van der Waals surface area contributed by atoms with E-state index in [2.05, 4.69) is 125 Å². The second-order valence-electron chi connectivity index (χ2n) is 25.6. The van der Waals surface area contributed by atoms with E-state index in [0.717, 1.165) is 161 Å². The lowest BCUT2D eigenvalue weighted by atomic mass is 10.1. The number of carbonyl (C=O) groups excluding carboxylic acids is 4. The van der Waals surface area contributed by atoms with Crippen molar-refractivity contribution < 1.29 is 80.2 Å². The van der Waals surface area contributed by atoms with Gasteiger partial charge in [-0.3, -0.25) is 37.3 Å². The van der Waals surface area contributed by atoms with E-state index in [-0.39, 0.29) is 25.7 Å². The number of hydrogen-bond donors (Lipinski definition) is 3. The van der Waals surface area contributed by atoms with Crippen molar-refractivity contribution in [2.45, 2.75) is 341 Å². The first-order valence-corrected chi connectivity index (χ1v) is 41.5. The van der Waals surface area contributed by atoms with E-state index in [9.17, 15) is 43.2 Å². The van der Waals surface area contributed by atoms with E-state index in [0.29, 0.717) is 25.7 Å². The molecule has 0 rings (SSSR count). The lowest BCUT2D eigenvalue weighted by Crippen LogP contribution is -2.30. The number of hydrogen-bond acceptors (Lipinski definition) is 15. The summed E-state index contributed by atoms with van der Waals surface area (Å²) >= 11 is 0. The number of aliphatic hydroxyl groups excluding tert-OH is 1. The van der Waals surface area contributed by atoms with Crippen LogP contribution in [0.2, 0.25) is 0 Å². The molecule has 0 heterocycles. The Bertz CT molecular complexity index is 2240. The van der Waals surface area contributed by atoms with Gasteiger partial charge in [0.15, 0.2) is 12.2 Å². The van der Waals surface area contributed by atoms with Crippen LogP contribution in [0.5, 0.6) is 0 Å². The maximum absolute atomic E-state index is 13.1. The smallest absolute Gasteiger partial charge is 0.462 e. The maximum atomic E-state index is 13.1. The van der Waals surface area contributed by atoms with Crippen molar-refractivity contribution in [3.8, 4) is 0 Å². The normalized spacial score (nSPS) is 14.5. The van der Waals surface area contributed by atoms with Crippen molar-refractivity contribution in [1.29, 1.82) is 0 Å². The molecule has 5 unspecified atom stereocenters. The van der Waals surface area contributed by atoms with Crippen LogP contribution < -0.4 is 0 Å². The Morgan fingerprint density at radius 3 is 0.878 bits per heavy atom. The zero-order valence-electron chi connectivity index (χ0n) is 61.7. The number of phosphoric acid groups is 2. The van der Waals surface area contributed by atoms with Crippen molar-refractivity contribution in [2.24, 2.45) is 0 Å². The molecule has 0 bridgehead atoms. The second kappa shape index (κ2) is 71.4. The van der Waals surface area contributed by atoms with Gasteiger partial charge in [-0.2, -0.15) is 0 Å². The van der Waals surface area contributed by atoms with E-state index >= 15 is 0 Å². The van der Waals surface area contributed by atoms with Crippen LogP contribution in [0, 0.1) is 0 Å². The summed E-state index contributed by atoms with van der Waals surface area (Å²) in [6.45, 7) is 4.65. The molecule has 0 saturated carbocycles. The number of ether oxygens (including phenoxy) is 4. The molecular weight excluding hydrogens is 1280 g/mol. The number of unbranched alkanes of at least 4 members (excludes halogenated alkanes) is 30. The van der Waals surface area contributed by atoms with Crippen molar-refractivity contribution in [3.63, 3.8) is 0 Å². The molecule has 0 spiro atoms. The summed E-state index contributed by atoms with van der Waals surface area (Å²) in [5, 5.41) is 10.6. The molecule has 17 nitrogen and oxygen atoms in total. The van der Waals surface area contributed by atoms with Gasteiger partial charge in [0.2, 0.25) is 0 Å². The molecule has 0 radical (unpaired) electrons. The second-order valence-corrected chi connectivity index (χ2v) is 28.5. The quantitative estimate of drug-likeness (QED) is 0.0169. The van der Waals surface area contributed by atoms with Crippen molar-refractivity contribution in [1.82, 2.24) is 0 Å². The van der Waals surface area contributed by atoms with Gasteiger partial charge in [0, 0.05) is 25.7 Å². The monoisotopic (exact) mass is 1420 g/mol. The molecule has 0 aromatic heterocycles. The number of esters is 4. The Hall–Kier alpha value is -4.02. The average molecular weight is 1420 g/mol. The van der Waals surface area contributed by atoms with Crippen LogP contribution in [0.15, 0.2) is 97.2 Å². The van der Waals surface area contributed by atoms with Crippen LogP contribution in [0.4, 0.5) is 0 Å². The van der Waals surface area contributed by atoms with Crippen LogP contribution in [0.1, 0.15) is 323 Å². The van der Waals surface area contributed by atoms with Gasteiger partial charge in [-0.1, -0.05) is 247 Å². The third-order valence-electron chi connectivity index (χ3n) is 16.0. The zero-order chi connectivity index (χ0) is 71.8. The minimum Gasteiger partial charge on any atom is -0.462 e. The summed E-state index contributed by atoms with van der Waals surface area (Å²) in [5.41, 5.74) is 0. The summed E-state index contributed by atoms with van der Waals surface area (Å²) in [5.74, 6) is -2.25. The molecule has 566 valence electrons. The van der Waals surface area contributed by atoms with Gasteiger partial charge in [-0.15, -0.1) is 0 Å². The highest BCUT2D eigenvalue weighted by molar-refractivity contribution is 7.47. The molecule has 0 amide bonds. The van der Waals surface area contributed by atoms with Gasteiger partial charge < -0.3 is 33.8 Å². The molecule has 0 aliphatic carbocycles. The van der Waals surface area contributed by atoms with Gasteiger partial charge in [-0.25, -0.2) is 9.13 Å². The van der Waals surface area contributed by atoms with E-state index in [1.165, 1.54) is 83.5 Å². The summed E-state index contributed by atoms with van der Waals surface area (Å²) in [6.07, 6.45) is 74.0. The van der Waals surface area contributed by atoms with Crippen LogP contribution in [-0.2, 0) is 65.4 Å². The van der Waals surface area contributed by atoms with Crippen LogP contribution in [0.3, 0.4) is 0 Å². The van der Waals surface area contributed by atoms with Crippen LogP contribution in [-0.4, -0.2) is 96.7 Å². The first-order chi connectivity index (χ1) is 47.7. The Labute approximate surface area is 595 Å². The van der Waals surface area contributed by atoms with Crippen molar-refractivity contribution in [2.75, 3.05) is 39.6 Å². The van der Waals surface area contributed by atoms with E-state index in [4.69, 9.17) is 37.0 Å². The first kappa shape index (κ1) is 94.0. The first-order valence-electron chi connectivity index (χ1n) is 38.5. The third-order valence-corrected chi connectivity index (χ3v) is 17.9. The number of aliphatic hydroxyl groups is 1. The lowest BCUT2D eigenvalue weighted by molar-refractivity contribution is -0.161. The van der Waals surface area contributed by atoms with Gasteiger partial charge in [0.05, 0.1) is 26.4 Å². The number of phosphoric ester groups is 2. The minimum atomic E-state index is -4.98. The van der Waals surface area contributed by atoms with E-state index in [1.54, 1.807) is 0 Å². The highest BCUT2D eigenvalue weighted by atomic mass is 31.2. The summed E-state index contributed by atoms with van der Waals surface area (Å²) in [6, 6.07) is 0. The predicted octanol–water partition coefficient (Wildman–Crippen LogP) is 22.0. The molecule has 3 N–H and O–H groups in total. The number of carbonyl (C=O) groups is 4.